The molecule has 0 spiro atoms. The predicted octanol–water partition coefficient (Wildman–Crippen LogP) is 3.96. The van der Waals surface area contributed by atoms with E-state index in [0.717, 1.165) is 23.3 Å². The standard InChI is InChI=1S/C22H18F2N2O3S/c23-19-7-4-8-20(24)21(19)22(27)25-17-10-9-15-11-12-26(14-16(15)13-17)30(28,29)18-5-2-1-3-6-18/h1-10,13H,11-12,14H2,(H,25,27). The first-order valence-electron chi connectivity index (χ1n) is 9.28. The monoisotopic (exact) mass is 428 g/mol. The number of hydrogen-bond donors (Lipinski definition) is 1. The number of nitrogens with one attached hydrogen (secondary N) is 1. The number of hydrogen-bond acceptors (Lipinski definition) is 3. The van der Waals surface area contributed by atoms with Crippen molar-refractivity contribution in [3.63, 3.8) is 0 Å². The Labute approximate surface area is 173 Å². The molecule has 30 heavy (non-hydrogen) atoms. The van der Waals surface area contributed by atoms with Gasteiger partial charge in [-0.25, -0.2) is 17.2 Å². The lowest BCUT2D eigenvalue weighted by Crippen LogP contribution is -2.36. The lowest BCUT2D eigenvalue weighted by atomic mass is 10.0. The molecular formula is C22H18F2N2O3S. The molecule has 1 heterocycles. The van der Waals surface area contributed by atoms with E-state index in [9.17, 15) is 22.0 Å². The van der Waals surface area contributed by atoms with Crippen molar-refractivity contribution in [2.24, 2.45) is 0 Å². The average Bonchev–Trinajstić information content (AvgIpc) is 2.73. The summed E-state index contributed by atoms with van der Waals surface area (Å²) in [4.78, 5) is 12.6. The highest BCUT2D eigenvalue weighted by molar-refractivity contribution is 7.89. The van der Waals surface area contributed by atoms with E-state index in [2.05, 4.69) is 5.32 Å². The summed E-state index contributed by atoms with van der Waals surface area (Å²) in [5.41, 5.74) is 1.36. The minimum Gasteiger partial charge on any atom is -0.322 e. The Morgan fingerprint density at radius 3 is 2.30 bits per heavy atom. The zero-order valence-corrected chi connectivity index (χ0v) is 16.6. The van der Waals surface area contributed by atoms with Gasteiger partial charge in [0, 0.05) is 18.8 Å². The Kier molecular flexibility index (Phi) is 5.36. The van der Waals surface area contributed by atoms with Gasteiger partial charge in [-0.15, -0.1) is 0 Å². The van der Waals surface area contributed by atoms with Crippen LogP contribution in [0.2, 0.25) is 0 Å². The van der Waals surface area contributed by atoms with E-state index in [1.54, 1.807) is 48.5 Å². The first-order chi connectivity index (χ1) is 14.4. The summed E-state index contributed by atoms with van der Waals surface area (Å²) >= 11 is 0. The molecule has 1 aliphatic heterocycles. The number of fused-ring (bicyclic) bond motifs is 1. The Balaban J connectivity index is 1.57. The molecule has 0 atom stereocenters. The van der Waals surface area contributed by atoms with E-state index in [1.807, 2.05) is 0 Å². The lowest BCUT2D eigenvalue weighted by molar-refractivity contribution is 0.101. The van der Waals surface area contributed by atoms with Gasteiger partial charge in [-0.1, -0.05) is 30.3 Å². The molecule has 1 N–H and O–H groups in total. The number of amides is 1. The molecule has 1 aliphatic rings. The zero-order valence-electron chi connectivity index (χ0n) is 15.8. The molecule has 3 aromatic rings. The molecule has 0 saturated heterocycles. The van der Waals surface area contributed by atoms with Crippen molar-refractivity contribution in [3.05, 3.63) is 95.1 Å². The molecule has 0 aromatic heterocycles. The van der Waals surface area contributed by atoms with Crippen molar-refractivity contribution in [2.75, 3.05) is 11.9 Å². The van der Waals surface area contributed by atoms with Gasteiger partial charge in [-0.3, -0.25) is 4.79 Å². The largest absolute Gasteiger partial charge is 0.322 e. The van der Waals surface area contributed by atoms with Gasteiger partial charge in [0.15, 0.2) is 0 Å². The van der Waals surface area contributed by atoms with Gasteiger partial charge < -0.3 is 5.32 Å². The molecule has 0 aliphatic carbocycles. The molecular weight excluding hydrogens is 410 g/mol. The predicted molar refractivity (Wildman–Crippen MR) is 108 cm³/mol. The lowest BCUT2D eigenvalue weighted by Gasteiger charge is -2.28. The third kappa shape index (κ3) is 3.83. The highest BCUT2D eigenvalue weighted by Gasteiger charge is 2.28. The van der Waals surface area contributed by atoms with Crippen LogP contribution in [0.15, 0.2) is 71.6 Å². The van der Waals surface area contributed by atoms with Crippen LogP contribution in [0, 0.1) is 11.6 Å². The van der Waals surface area contributed by atoms with Gasteiger partial charge in [0.05, 0.1) is 4.90 Å². The van der Waals surface area contributed by atoms with E-state index in [-0.39, 0.29) is 11.4 Å². The Hall–Kier alpha value is -3.10. The summed E-state index contributed by atoms with van der Waals surface area (Å²) in [5.74, 6) is -2.81. The van der Waals surface area contributed by atoms with Crippen LogP contribution in [0.25, 0.3) is 0 Å². The van der Waals surface area contributed by atoms with Crippen LogP contribution in [-0.4, -0.2) is 25.2 Å². The molecule has 0 unspecified atom stereocenters. The van der Waals surface area contributed by atoms with Crippen molar-refractivity contribution >= 4 is 21.6 Å². The second-order valence-electron chi connectivity index (χ2n) is 6.94. The molecule has 3 aromatic carbocycles. The van der Waals surface area contributed by atoms with Gasteiger partial charge in [-0.2, -0.15) is 4.31 Å². The van der Waals surface area contributed by atoms with Crippen LogP contribution in [0.1, 0.15) is 21.5 Å². The Bertz CT molecular complexity index is 1190. The molecule has 0 fully saturated rings. The maximum Gasteiger partial charge on any atom is 0.261 e. The third-order valence-corrected chi connectivity index (χ3v) is 6.87. The van der Waals surface area contributed by atoms with Gasteiger partial charge in [0.2, 0.25) is 10.0 Å². The van der Waals surface area contributed by atoms with E-state index < -0.39 is 33.1 Å². The second-order valence-corrected chi connectivity index (χ2v) is 8.87. The molecule has 5 nitrogen and oxygen atoms in total. The number of rotatable bonds is 4. The van der Waals surface area contributed by atoms with Crippen LogP contribution >= 0.6 is 0 Å². The van der Waals surface area contributed by atoms with Crippen molar-refractivity contribution in [1.82, 2.24) is 4.31 Å². The fraction of sp³-hybridized carbons (Fsp3) is 0.136. The molecule has 0 saturated carbocycles. The zero-order chi connectivity index (χ0) is 21.3. The molecule has 4 rings (SSSR count). The first kappa shape index (κ1) is 20.2. The molecule has 154 valence electrons. The van der Waals surface area contributed by atoms with E-state index in [0.29, 0.717) is 18.7 Å². The van der Waals surface area contributed by atoms with Crippen molar-refractivity contribution in [2.45, 2.75) is 17.9 Å². The highest BCUT2D eigenvalue weighted by Crippen LogP contribution is 2.27. The Morgan fingerprint density at radius 1 is 0.900 bits per heavy atom. The number of anilines is 1. The maximum absolute atomic E-state index is 13.8. The van der Waals surface area contributed by atoms with Crippen LogP contribution in [-0.2, 0) is 23.0 Å². The van der Waals surface area contributed by atoms with E-state index >= 15 is 0 Å². The minimum atomic E-state index is -3.65. The fourth-order valence-electron chi connectivity index (χ4n) is 3.46. The molecule has 0 bridgehead atoms. The van der Waals surface area contributed by atoms with Gasteiger partial charge in [-0.05, 0) is 53.9 Å². The van der Waals surface area contributed by atoms with Crippen LogP contribution in [0.3, 0.4) is 0 Å². The van der Waals surface area contributed by atoms with Crippen LogP contribution < -0.4 is 5.32 Å². The average molecular weight is 428 g/mol. The maximum atomic E-state index is 13.8. The summed E-state index contributed by atoms with van der Waals surface area (Å²) in [6.07, 6.45) is 0.525. The summed E-state index contributed by atoms with van der Waals surface area (Å²) in [6.45, 7) is 0.487. The summed E-state index contributed by atoms with van der Waals surface area (Å²) in [6, 6.07) is 16.4. The Morgan fingerprint density at radius 2 is 1.60 bits per heavy atom. The van der Waals surface area contributed by atoms with Crippen molar-refractivity contribution < 1.29 is 22.0 Å². The van der Waals surface area contributed by atoms with Crippen LogP contribution in [0.5, 0.6) is 0 Å². The van der Waals surface area contributed by atoms with Crippen molar-refractivity contribution in [3.8, 4) is 0 Å². The normalized spacial score (nSPS) is 14.2. The summed E-state index contributed by atoms with van der Waals surface area (Å²) in [5, 5.41) is 2.49. The molecule has 1 amide bonds. The van der Waals surface area contributed by atoms with Crippen molar-refractivity contribution in [1.29, 1.82) is 0 Å². The number of sulfonamides is 1. The second kappa shape index (κ2) is 7.97. The minimum absolute atomic E-state index is 0.143. The van der Waals surface area contributed by atoms with Gasteiger partial charge >= 0.3 is 0 Å². The van der Waals surface area contributed by atoms with Gasteiger partial charge in [0.25, 0.3) is 5.91 Å². The summed E-state index contributed by atoms with van der Waals surface area (Å²) in [7, 11) is -3.65. The quantitative estimate of drug-likeness (QED) is 0.684. The number of halogens is 2. The molecule has 0 radical (unpaired) electrons. The summed E-state index contributed by atoms with van der Waals surface area (Å²) < 4.78 is 54.9. The van der Waals surface area contributed by atoms with Gasteiger partial charge in [0.1, 0.15) is 17.2 Å². The number of carbonyl (C=O) groups excluding carboxylic acids is 1. The molecule has 8 heteroatoms. The fourth-order valence-corrected chi connectivity index (χ4v) is 4.90. The number of benzene rings is 3. The number of nitrogens with zero attached hydrogens (tertiary/aromatic N) is 1. The van der Waals surface area contributed by atoms with E-state index in [4.69, 9.17) is 0 Å². The van der Waals surface area contributed by atoms with Crippen LogP contribution in [0.4, 0.5) is 14.5 Å². The van der Waals surface area contributed by atoms with E-state index in [1.165, 1.54) is 10.4 Å². The number of carbonyl (C=O) groups is 1. The first-order valence-corrected chi connectivity index (χ1v) is 10.7. The SMILES string of the molecule is O=C(Nc1ccc2c(c1)CN(S(=O)(=O)c1ccccc1)CC2)c1c(F)cccc1F. The highest BCUT2D eigenvalue weighted by atomic mass is 32.2. The topological polar surface area (TPSA) is 66.5 Å². The third-order valence-electron chi connectivity index (χ3n) is 5.01. The smallest absolute Gasteiger partial charge is 0.261 e.